The monoisotopic (exact) mass is 645 g/mol. The molecule has 3 atom stereocenters. The van der Waals surface area contributed by atoms with Gasteiger partial charge in [0.2, 0.25) is 11.8 Å². The molecule has 0 unspecified atom stereocenters. The second-order valence-corrected chi connectivity index (χ2v) is 12.6. The van der Waals surface area contributed by atoms with Gasteiger partial charge in [0, 0.05) is 44.2 Å². The van der Waals surface area contributed by atoms with Gasteiger partial charge in [0.25, 0.3) is 0 Å². The van der Waals surface area contributed by atoms with E-state index in [4.69, 9.17) is 4.74 Å². The molecule has 0 radical (unpaired) electrons. The number of nitrogens with one attached hydrogen (secondary N) is 5. The maximum absolute atomic E-state index is 13.5. The molecule has 1 heterocycles. The Bertz CT molecular complexity index is 1410. The Balaban J connectivity index is 1.11. The van der Waals surface area contributed by atoms with E-state index >= 15 is 0 Å². The summed E-state index contributed by atoms with van der Waals surface area (Å²) in [7, 11) is 3.47. The van der Waals surface area contributed by atoms with Crippen molar-refractivity contribution in [3.8, 4) is 11.1 Å². The summed E-state index contributed by atoms with van der Waals surface area (Å²) >= 11 is 0. The van der Waals surface area contributed by atoms with Crippen LogP contribution in [-0.4, -0.2) is 87.0 Å². The fourth-order valence-electron chi connectivity index (χ4n) is 6.99. The number of carbonyl (C=O) groups is 4. The van der Waals surface area contributed by atoms with Crippen LogP contribution < -0.4 is 26.7 Å². The first-order chi connectivity index (χ1) is 22.8. The Kier molecular flexibility index (Phi) is 11.5. The summed E-state index contributed by atoms with van der Waals surface area (Å²) in [5.74, 6) is 0.0821. The highest BCUT2D eigenvalue weighted by Gasteiger charge is 2.41. The number of hydrogen-bond donors (Lipinski definition) is 5. The molecule has 252 valence electrons. The van der Waals surface area contributed by atoms with Crippen LogP contribution in [0, 0.1) is 11.8 Å². The molecule has 5 rings (SSSR count). The molecule has 1 saturated heterocycles. The van der Waals surface area contributed by atoms with Crippen LogP contribution in [0.4, 0.5) is 9.59 Å². The van der Waals surface area contributed by atoms with Gasteiger partial charge in [0.15, 0.2) is 0 Å². The second-order valence-electron chi connectivity index (χ2n) is 12.6. The van der Waals surface area contributed by atoms with E-state index in [1.165, 1.54) is 11.1 Å². The maximum Gasteiger partial charge on any atom is 0.410 e. The maximum atomic E-state index is 13.5. The summed E-state index contributed by atoms with van der Waals surface area (Å²) in [4.78, 5) is 52.6. The van der Waals surface area contributed by atoms with Gasteiger partial charge in [0.05, 0.1) is 6.04 Å². The molecule has 12 nitrogen and oxygen atoms in total. The van der Waals surface area contributed by atoms with Crippen LogP contribution in [0.25, 0.3) is 11.1 Å². The molecule has 2 aromatic carbocycles. The van der Waals surface area contributed by atoms with Gasteiger partial charge >= 0.3 is 12.1 Å². The highest BCUT2D eigenvalue weighted by atomic mass is 16.6. The number of nitrogens with zero attached hydrogens (tertiary/aromatic N) is 2. The number of urea groups is 1. The number of fused-ring (bicyclic) bond motifs is 3. The molecule has 2 aromatic rings. The standard InChI is InChI=1S/C35H47N7O5/c1-4-24(19-39-41-34(45)38-18-22-13-15-23(16-14-22)32(43)37-3)40-33(44)31-17-25(36-2)20-42(31)35(46)47-21-30-28-11-7-5-9-26(28)27-10-6-8-12-29(27)30/h5-12,19,22-25,30-31,36H,4,13-18,20-21H2,1-3H3,(H,37,43)(H,40,44)(H2,38,41,45)/b39-19+/t22?,23?,24-,25+,31-/m0/s1. The van der Waals surface area contributed by atoms with Crippen molar-refractivity contribution in [1.82, 2.24) is 31.6 Å². The molecule has 5 amide bonds. The van der Waals surface area contributed by atoms with Crippen molar-refractivity contribution in [2.75, 3.05) is 33.8 Å². The summed E-state index contributed by atoms with van der Waals surface area (Å²) < 4.78 is 5.89. The number of benzene rings is 2. The normalized spacial score (nSPS) is 22.7. The number of hydrogen-bond acceptors (Lipinski definition) is 7. The molecule has 2 aliphatic carbocycles. The number of likely N-dealkylation sites (tertiary alicyclic amines) is 1. The van der Waals surface area contributed by atoms with Crippen molar-refractivity contribution in [3.63, 3.8) is 0 Å². The van der Waals surface area contributed by atoms with Gasteiger partial charge in [-0.15, -0.1) is 0 Å². The molecule has 0 spiro atoms. The molecule has 3 aliphatic rings. The van der Waals surface area contributed by atoms with Gasteiger partial charge in [-0.3, -0.25) is 14.5 Å². The van der Waals surface area contributed by atoms with Crippen LogP contribution in [0.15, 0.2) is 53.6 Å². The number of hydrazone groups is 1. The lowest BCUT2D eigenvalue weighted by atomic mass is 9.81. The van der Waals surface area contributed by atoms with E-state index in [-0.39, 0.29) is 36.3 Å². The largest absolute Gasteiger partial charge is 0.448 e. The minimum atomic E-state index is -0.708. The van der Waals surface area contributed by atoms with Crippen molar-refractivity contribution in [2.24, 2.45) is 16.9 Å². The Labute approximate surface area is 276 Å². The van der Waals surface area contributed by atoms with Gasteiger partial charge < -0.3 is 26.0 Å². The van der Waals surface area contributed by atoms with Crippen LogP contribution in [-0.2, 0) is 14.3 Å². The van der Waals surface area contributed by atoms with E-state index < -0.39 is 24.2 Å². The van der Waals surface area contributed by atoms with Crippen molar-refractivity contribution in [2.45, 2.75) is 69.5 Å². The summed E-state index contributed by atoms with van der Waals surface area (Å²) in [6.45, 7) is 2.94. The zero-order valence-electron chi connectivity index (χ0n) is 27.5. The van der Waals surface area contributed by atoms with Crippen LogP contribution >= 0.6 is 0 Å². The fourth-order valence-corrected chi connectivity index (χ4v) is 6.99. The first-order valence-electron chi connectivity index (χ1n) is 16.7. The summed E-state index contributed by atoms with van der Waals surface area (Å²) in [5.41, 5.74) is 7.03. The Hall–Kier alpha value is -4.45. The van der Waals surface area contributed by atoms with Gasteiger partial charge in [-0.2, -0.15) is 5.10 Å². The van der Waals surface area contributed by atoms with Crippen LogP contribution in [0.3, 0.4) is 0 Å². The Morgan fingerprint density at radius 3 is 2.23 bits per heavy atom. The predicted octanol–water partition coefficient (Wildman–Crippen LogP) is 3.33. The topological polar surface area (TPSA) is 153 Å². The van der Waals surface area contributed by atoms with E-state index in [0.29, 0.717) is 31.8 Å². The third kappa shape index (κ3) is 8.10. The average molecular weight is 646 g/mol. The minimum Gasteiger partial charge on any atom is -0.448 e. The first-order valence-corrected chi connectivity index (χ1v) is 16.7. The Morgan fingerprint density at radius 2 is 1.62 bits per heavy atom. The summed E-state index contributed by atoms with van der Waals surface area (Å²) in [6, 6.07) is 14.7. The van der Waals surface area contributed by atoms with Gasteiger partial charge in [-0.05, 0) is 73.7 Å². The van der Waals surface area contributed by atoms with Gasteiger partial charge in [0.1, 0.15) is 12.6 Å². The quantitative estimate of drug-likeness (QED) is 0.187. The predicted molar refractivity (Wildman–Crippen MR) is 180 cm³/mol. The van der Waals surface area contributed by atoms with Crippen molar-refractivity contribution in [1.29, 1.82) is 0 Å². The number of rotatable bonds is 11. The number of amides is 5. The number of ether oxygens (including phenoxy) is 1. The molecule has 5 N–H and O–H groups in total. The lowest BCUT2D eigenvalue weighted by Gasteiger charge is -2.27. The smallest absolute Gasteiger partial charge is 0.410 e. The molecular formula is C35H47N7O5. The van der Waals surface area contributed by atoms with E-state index in [2.05, 4.69) is 56.1 Å². The third-order valence-corrected chi connectivity index (χ3v) is 9.79. The molecule has 12 heteroatoms. The molecule has 0 aromatic heterocycles. The minimum absolute atomic E-state index is 0.0511. The first kappa shape index (κ1) is 33.9. The number of likely N-dealkylation sites (N-methyl/N-ethyl adjacent to an activating group) is 1. The van der Waals surface area contributed by atoms with Crippen LogP contribution in [0.1, 0.15) is 62.5 Å². The van der Waals surface area contributed by atoms with E-state index in [9.17, 15) is 19.2 Å². The summed E-state index contributed by atoms with van der Waals surface area (Å²) in [5, 5.41) is 15.8. The highest BCUT2D eigenvalue weighted by Crippen LogP contribution is 2.44. The third-order valence-electron chi connectivity index (χ3n) is 9.79. The van der Waals surface area contributed by atoms with Crippen molar-refractivity contribution >= 4 is 30.2 Å². The summed E-state index contributed by atoms with van der Waals surface area (Å²) in [6.07, 6.45) is 5.37. The van der Waals surface area contributed by atoms with Crippen LogP contribution in [0.5, 0.6) is 0 Å². The van der Waals surface area contributed by atoms with E-state index in [1.807, 2.05) is 38.2 Å². The van der Waals surface area contributed by atoms with Crippen molar-refractivity contribution in [3.05, 3.63) is 59.7 Å². The second kappa shape index (κ2) is 15.9. The lowest BCUT2D eigenvalue weighted by molar-refractivity contribution is -0.126. The van der Waals surface area contributed by atoms with E-state index in [0.717, 1.165) is 47.9 Å². The molecule has 47 heavy (non-hydrogen) atoms. The molecule has 0 bridgehead atoms. The lowest BCUT2D eigenvalue weighted by Crippen LogP contribution is -2.49. The van der Waals surface area contributed by atoms with Crippen molar-refractivity contribution < 1.29 is 23.9 Å². The molecular weight excluding hydrogens is 598 g/mol. The Morgan fingerprint density at radius 1 is 0.957 bits per heavy atom. The zero-order chi connectivity index (χ0) is 33.3. The number of carbonyl (C=O) groups excluding carboxylic acids is 4. The van der Waals surface area contributed by atoms with Crippen LogP contribution in [0.2, 0.25) is 0 Å². The SMILES string of the molecule is CC[C@@H](/C=N/NC(=O)NCC1CCC(C(=O)NC)CC1)NC(=O)[C@@H]1C[C@@H](NC)CN1C(=O)OCC1c2ccccc2-c2ccccc21. The van der Waals surface area contributed by atoms with E-state index in [1.54, 1.807) is 7.05 Å². The zero-order valence-corrected chi connectivity index (χ0v) is 27.5. The fraction of sp³-hybridized carbons (Fsp3) is 0.514. The molecule has 1 aliphatic heterocycles. The van der Waals surface area contributed by atoms with Gasteiger partial charge in [-0.25, -0.2) is 15.0 Å². The molecule has 1 saturated carbocycles. The highest BCUT2D eigenvalue weighted by molar-refractivity contribution is 5.89. The van der Waals surface area contributed by atoms with Gasteiger partial charge in [-0.1, -0.05) is 55.5 Å². The average Bonchev–Trinajstić information content (AvgIpc) is 3.69. The molecule has 2 fully saturated rings.